The molecule has 0 spiro atoms. The average Bonchev–Trinajstić information content (AvgIpc) is 3.13. The average molecular weight is 498 g/mol. The Morgan fingerprint density at radius 1 is 1.16 bits per heavy atom. The van der Waals surface area contributed by atoms with Gasteiger partial charge in [-0.2, -0.15) is 0 Å². The molecule has 1 aliphatic rings. The molecule has 0 bridgehead atoms. The first kappa shape index (κ1) is 24.5. The van der Waals surface area contributed by atoms with Crippen LogP contribution in [0.4, 0.5) is 15.5 Å². The van der Waals surface area contributed by atoms with Crippen molar-refractivity contribution in [2.24, 2.45) is 0 Å². The minimum absolute atomic E-state index is 0.0448. The van der Waals surface area contributed by atoms with E-state index in [1.807, 2.05) is 33.8 Å². The Labute approximate surface area is 198 Å². The van der Waals surface area contributed by atoms with Gasteiger partial charge in [0, 0.05) is 35.2 Å². The number of carbonyl (C=O) groups is 2. The number of rotatable bonds is 4. The second-order valence-electron chi connectivity index (χ2n) is 8.70. The van der Waals surface area contributed by atoms with Crippen LogP contribution in [0.3, 0.4) is 0 Å². The molecule has 3 rings (SSSR count). The van der Waals surface area contributed by atoms with Crippen LogP contribution in [0, 0.1) is 0 Å². The van der Waals surface area contributed by atoms with Crippen LogP contribution in [0.2, 0.25) is 5.02 Å². The van der Waals surface area contributed by atoms with Gasteiger partial charge in [0.1, 0.15) is 5.00 Å². The van der Waals surface area contributed by atoms with Crippen molar-refractivity contribution in [3.8, 4) is 0 Å². The predicted octanol–water partition coefficient (Wildman–Crippen LogP) is 4.63. The number of halogens is 1. The van der Waals surface area contributed by atoms with E-state index in [1.165, 1.54) is 11.3 Å². The summed E-state index contributed by atoms with van der Waals surface area (Å²) in [6.07, 6.45) is 0. The number of hydrogen-bond acceptors (Lipinski definition) is 5. The summed E-state index contributed by atoms with van der Waals surface area (Å²) in [5.41, 5.74) is 0.866. The van der Waals surface area contributed by atoms with Gasteiger partial charge in [-0.25, -0.2) is 13.2 Å². The van der Waals surface area contributed by atoms with E-state index < -0.39 is 9.84 Å². The van der Waals surface area contributed by atoms with E-state index in [-0.39, 0.29) is 41.9 Å². The van der Waals surface area contributed by atoms with Gasteiger partial charge in [0.25, 0.3) is 5.91 Å². The molecule has 1 aromatic carbocycles. The Balaban J connectivity index is 1.89. The fourth-order valence-corrected chi connectivity index (χ4v) is 5.75. The molecule has 0 saturated carbocycles. The Hall–Kier alpha value is -2.10. The molecule has 10 heteroatoms. The van der Waals surface area contributed by atoms with E-state index in [0.717, 1.165) is 4.88 Å². The molecule has 2 aromatic rings. The number of urea groups is 1. The number of hydrogen-bond donors (Lipinski definition) is 1. The van der Waals surface area contributed by atoms with Crippen LogP contribution >= 0.6 is 22.9 Å². The molecular formula is C22H28ClN3O4S2. The van der Waals surface area contributed by atoms with Gasteiger partial charge >= 0.3 is 6.03 Å². The third-order valence-electron chi connectivity index (χ3n) is 5.25. The largest absolute Gasteiger partial charge is 0.337 e. The molecule has 1 saturated heterocycles. The van der Waals surface area contributed by atoms with Crippen molar-refractivity contribution in [2.75, 3.05) is 41.4 Å². The first-order chi connectivity index (χ1) is 14.9. The molecule has 0 aliphatic carbocycles. The molecule has 1 N–H and O–H groups in total. The van der Waals surface area contributed by atoms with Crippen LogP contribution in [-0.2, 0) is 15.3 Å². The smallest absolute Gasteiger partial charge is 0.326 e. The van der Waals surface area contributed by atoms with Crippen molar-refractivity contribution in [1.29, 1.82) is 0 Å². The van der Waals surface area contributed by atoms with Crippen molar-refractivity contribution >= 4 is 55.4 Å². The highest BCUT2D eigenvalue weighted by molar-refractivity contribution is 7.91. The minimum atomic E-state index is -3.10. The molecule has 32 heavy (non-hydrogen) atoms. The zero-order valence-corrected chi connectivity index (χ0v) is 21.0. The van der Waals surface area contributed by atoms with Crippen molar-refractivity contribution in [3.63, 3.8) is 0 Å². The van der Waals surface area contributed by atoms with Gasteiger partial charge in [-0.3, -0.25) is 15.0 Å². The summed E-state index contributed by atoms with van der Waals surface area (Å²) in [5.74, 6) is -0.357. The fourth-order valence-electron chi connectivity index (χ4n) is 3.33. The number of amides is 3. The van der Waals surface area contributed by atoms with E-state index in [2.05, 4.69) is 5.32 Å². The van der Waals surface area contributed by atoms with E-state index in [9.17, 15) is 18.0 Å². The van der Waals surface area contributed by atoms with Gasteiger partial charge < -0.3 is 4.90 Å². The first-order valence-electron chi connectivity index (χ1n) is 10.4. The van der Waals surface area contributed by atoms with Gasteiger partial charge in [0.2, 0.25) is 0 Å². The van der Waals surface area contributed by atoms with Crippen LogP contribution in [0.1, 0.15) is 42.9 Å². The first-order valence-corrected chi connectivity index (χ1v) is 13.4. The lowest BCUT2D eigenvalue weighted by Gasteiger charge is -2.27. The van der Waals surface area contributed by atoms with E-state index in [1.54, 1.807) is 34.1 Å². The van der Waals surface area contributed by atoms with Gasteiger partial charge in [-0.1, -0.05) is 32.4 Å². The maximum atomic E-state index is 13.3. The third kappa shape index (κ3) is 5.63. The molecule has 2 heterocycles. The SMILES string of the molecule is CCN(C(=O)Nc1sc(C(C)(C)C)cc1C(=O)N1CCS(=O)(=O)CC1)c1ccc(Cl)cc1. The molecule has 1 fully saturated rings. The summed E-state index contributed by atoms with van der Waals surface area (Å²) >= 11 is 7.33. The normalized spacial score (nSPS) is 16.0. The Bertz CT molecular complexity index is 1090. The van der Waals surface area contributed by atoms with E-state index >= 15 is 0 Å². The van der Waals surface area contributed by atoms with E-state index in [0.29, 0.717) is 27.8 Å². The lowest BCUT2D eigenvalue weighted by Crippen LogP contribution is -2.44. The highest BCUT2D eigenvalue weighted by atomic mass is 35.5. The number of thiophene rings is 1. The second-order valence-corrected chi connectivity index (χ2v) is 12.5. The highest BCUT2D eigenvalue weighted by Crippen LogP contribution is 2.37. The summed E-state index contributed by atoms with van der Waals surface area (Å²) in [5, 5.41) is 3.95. The Morgan fingerprint density at radius 2 is 1.75 bits per heavy atom. The monoisotopic (exact) mass is 497 g/mol. The van der Waals surface area contributed by atoms with Crippen LogP contribution in [0.15, 0.2) is 30.3 Å². The lowest BCUT2D eigenvalue weighted by atomic mass is 9.94. The number of benzene rings is 1. The quantitative estimate of drug-likeness (QED) is 0.667. The number of anilines is 2. The summed E-state index contributed by atoms with van der Waals surface area (Å²) < 4.78 is 23.5. The summed E-state index contributed by atoms with van der Waals surface area (Å²) in [6.45, 7) is 8.72. The molecule has 174 valence electrons. The van der Waals surface area contributed by atoms with Crippen molar-refractivity contribution < 1.29 is 18.0 Å². The summed E-state index contributed by atoms with van der Waals surface area (Å²) in [7, 11) is -3.10. The number of nitrogens with zero attached hydrogens (tertiary/aromatic N) is 2. The number of nitrogens with one attached hydrogen (secondary N) is 1. The van der Waals surface area contributed by atoms with Gasteiger partial charge in [0.15, 0.2) is 9.84 Å². The molecule has 0 atom stereocenters. The number of sulfone groups is 1. The van der Waals surface area contributed by atoms with Crippen LogP contribution in [0.25, 0.3) is 0 Å². The third-order valence-corrected chi connectivity index (χ3v) is 8.59. The molecule has 0 radical (unpaired) electrons. The predicted molar refractivity (Wildman–Crippen MR) is 131 cm³/mol. The van der Waals surface area contributed by atoms with Gasteiger partial charge in [-0.05, 0) is 42.7 Å². The number of carbonyl (C=O) groups excluding carboxylic acids is 2. The minimum Gasteiger partial charge on any atom is -0.337 e. The van der Waals surface area contributed by atoms with Crippen molar-refractivity contribution in [3.05, 3.63) is 45.8 Å². The van der Waals surface area contributed by atoms with E-state index in [4.69, 9.17) is 11.6 Å². The van der Waals surface area contributed by atoms with Crippen LogP contribution in [-0.4, -0.2) is 56.4 Å². The zero-order valence-electron chi connectivity index (χ0n) is 18.6. The lowest BCUT2D eigenvalue weighted by molar-refractivity contribution is 0.0771. The topological polar surface area (TPSA) is 86.8 Å². The molecular weight excluding hydrogens is 470 g/mol. The van der Waals surface area contributed by atoms with Crippen LogP contribution in [0.5, 0.6) is 0 Å². The highest BCUT2D eigenvalue weighted by Gasteiger charge is 2.30. The second kappa shape index (κ2) is 9.41. The Kier molecular flexibility index (Phi) is 7.21. The van der Waals surface area contributed by atoms with Crippen LogP contribution < -0.4 is 10.2 Å². The van der Waals surface area contributed by atoms with Gasteiger partial charge in [-0.15, -0.1) is 11.3 Å². The van der Waals surface area contributed by atoms with Crippen molar-refractivity contribution in [2.45, 2.75) is 33.1 Å². The van der Waals surface area contributed by atoms with Crippen molar-refractivity contribution in [1.82, 2.24) is 4.90 Å². The fraction of sp³-hybridized carbons (Fsp3) is 0.455. The summed E-state index contributed by atoms with van der Waals surface area (Å²) in [6, 6.07) is 8.42. The molecule has 1 aromatic heterocycles. The molecule has 0 unspecified atom stereocenters. The Morgan fingerprint density at radius 3 is 2.28 bits per heavy atom. The van der Waals surface area contributed by atoms with Gasteiger partial charge in [0.05, 0.1) is 17.1 Å². The summed E-state index contributed by atoms with van der Waals surface area (Å²) in [4.78, 5) is 30.4. The maximum absolute atomic E-state index is 13.3. The molecule has 1 aliphatic heterocycles. The standard InChI is InChI=1S/C22H28ClN3O4S2/c1-5-26(16-8-6-15(23)7-9-16)21(28)24-19-17(14-18(31-19)22(2,3)4)20(27)25-10-12-32(29,30)13-11-25/h6-9,14H,5,10-13H2,1-4H3,(H,24,28). The molecule has 3 amide bonds. The zero-order chi connectivity index (χ0) is 23.7. The maximum Gasteiger partial charge on any atom is 0.326 e. The molecule has 7 nitrogen and oxygen atoms in total.